The molecule has 2 rings (SSSR count). The highest BCUT2D eigenvalue weighted by atomic mass is 32.1. The molecule has 2 aromatic heterocycles. The molecule has 0 saturated carbocycles. The number of anilines is 1. The third-order valence-corrected chi connectivity index (χ3v) is 3.71. The van der Waals surface area contributed by atoms with Gasteiger partial charge in [0.15, 0.2) is 5.13 Å². The van der Waals surface area contributed by atoms with Crippen LogP contribution in [0.2, 0.25) is 0 Å². The minimum Gasteiger partial charge on any atom is -0.481 e. The van der Waals surface area contributed by atoms with Crippen LogP contribution in [0.3, 0.4) is 0 Å². The number of nitrogens with zero attached hydrogens (tertiary/aromatic N) is 2. The number of esters is 1. The predicted octanol–water partition coefficient (Wildman–Crippen LogP) is 2.25. The summed E-state index contributed by atoms with van der Waals surface area (Å²) in [5.41, 5.74) is 1.66. The number of nitrogens with one attached hydrogen (secondary N) is 1. The Morgan fingerprint density at radius 2 is 2.20 bits per heavy atom. The van der Waals surface area contributed by atoms with Gasteiger partial charge in [0.25, 0.3) is 0 Å². The number of aryl methyl sites for hydroxylation is 1. The molecule has 2 aromatic rings. The summed E-state index contributed by atoms with van der Waals surface area (Å²) in [6, 6.07) is 3.71. The monoisotopic (exact) mass is 293 g/mol. The predicted molar refractivity (Wildman–Crippen MR) is 76.3 cm³/mol. The van der Waals surface area contributed by atoms with Gasteiger partial charge >= 0.3 is 5.97 Å². The van der Waals surface area contributed by atoms with Crippen LogP contribution in [-0.2, 0) is 11.3 Å². The molecule has 20 heavy (non-hydrogen) atoms. The van der Waals surface area contributed by atoms with E-state index < -0.39 is 0 Å². The first-order chi connectivity index (χ1) is 9.63. The largest absolute Gasteiger partial charge is 0.481 e. The zero-order valence-corrected chi connectivity index (χ0v) is 12.3. The van der Waals surface area contributed by atoms with E-state index >= 15 is 0 Å². The van der Waals surface area contributed by atoms with Crippen molar-refractivity contribution in [3.63, 3.8) is 0 Å². The third kappa shape index (κ3) is 3.24. The van der Waals surface area contributed by atoms with Gasteiger partial charge in [0.2, 0.25) is 5.88 Å². The van der Waals surface area contributed by atoms with Gasteiger partial charge in [-0.15, -0.1) is 0 Å². The number of methoxy groups -OCH3 is 2. The Morgan fingerprint density at radius 1 is 1.40 bits per heavy atom. The minimum absolute atomic E-state index is 0.362. The highest BCUT2D eigenvalue weighted by molar-refractivity contribution is 7.17. The van der Waals surface area contributed by atoms with Crippen LogP contribution in [0.25, 0.3) is 0 Å². The quantitative estimate of drug-likeness (QED) is 0.852. The maximum atomic E-state index is 11.5. The average Bonchev–Trinajstić information content (AvgIpc) is 2.86. The summed E-state index contributed by atoms with van der Waals surface area (Å²) in [7, 11) is 2.94. The van der Waals surface area contributed by atoms with E-state index in [1.54, 1.807) is 26.3 Å². The van der Waals surface area contributed by atoms with Crippen LogP contribution in [0.4, 0.5) is 5.13 Å². The lowest BCUT2D eigenvalue weighted by atomic mass is 10.3. The number of pyridine rings is 1. The number of carbonyl (C=O) groups excluding carboxylic acids is 1. The van der Waals surface area contributed by atoms with E-state index in [9.17, 15) is 4.79 Å². The molecule has 0 aliphatic heterocycles. The molecule has 0 unspecified atom stereocenters. The molecule has 0 fully saturated rings. The van der Waals surface area contributed by atoms with Crippen LogP contribution in [0.5, 0.6) is 5.88 Å². The van der Waals surface area contributed by atoms with E-state index in [0.29, 0.717) is 28.1 Å². The van der Waals surface area contributed by atoms with Crippen LogP contribution in [0.1, 0.15) is 20.9 Å². The molecule has 1 N–H and O–H groups in total. The fraction of sp³-hybridized carbons (Fsp3) is 0.308. The Bertz CT molecular complexity index is 595. The van der Waals surface area contributed by atoms with Crippen molar-refractivity contribution in [2.75, 3.05) is 19.5 Å². The number of ether oxygens (including phenoxy) is 2. The van der Waals surface area contributed by atoms with Gasteiger partial charge in [0.05, 0.1) is 19.9 Å². The summed E-state index contributed by atoms with van der Waals surface area (Å²) in [6.45, 7) is 2.35. The second kappa shape index (κ2) is 6.33. The van der Waals surface area contributed by atoms with Crippen molar-refractivity contribution in [1.29, 1.82) is 0 Å². The molecule has 0 aromatic carbocycles. The van der Waals surface area contributed by atoms with Gasteiger partial charge in [0, 0.05) is 18.8 Å². The number of hydrogen-bond acceptors (Lipinski definition) is 7. The molecule has 0 spiro atoms. The first-order valence-corrected chi connectivity index (χ1v) is 6.74. The maximum Gasteiger partial charge on any atom is 0.350 e. The first-order valence-electron chi connectivity index (χ1n) is 5.92. The lowest BCUT2D eigenvalue weighted by molar-refractivity contribution is 0.0605. The van der Waals surface area contributed by atoms with E-state index in [1.807, 2.05) is 6.07 Å². The zero-order valence-electron chi connectivity index (χ0n) is 11.5. The Hall–Kier alpha value is -2.15. The lowest BCUT2D eigenvalue weighted by Crippen LogP contribution is -1.99. The van der Waals surface area contributed by atoms with Crippen molar-refractivity contribution in [3.8, 4) is 5.88 Å². The third-order valence-electron chi connectivity index (χ3n) is 2.62. The van der Waals surface area contributed by atoms with E-state index in [1.165, 1.54) is 18.4 Å². The van der Waals surface area contributed by atoms with E-state index in [-0.39, 0.29) is 5.97 Å². The smallest absolute Gasteiger partial charge is 0.350 e. The summed E-state index contributed by atoms with van der Waals surface area (Å²) in [5.74, 6) is 0.214. The molecule has 0 aliphatic carbocycles. The second-order valence-corrected chi connectivity index (χ2v) is 4.99. The summed E-state index contributed by atoms with van der Waals surface area (Å²) in [4.78, 5) is 20.4. The number of carbonyl (C=O) groups is 1. The number of rotatable bonds is 5. The van der Waals surface area contributed by atoms with Gasteiger partial charge in [-0.2, -0.15) is 0 Å². The second-order valence-electron chi connectivity index (χ2n) is 3.99. The molecule has 6 nitrogen and oxygen atoms in total. The molecule has 0 bridgehead atoms. The number of hydrogen-bond donors (Lipinski definition) is 1. The molecule has 0 radical (unpaired) electrons. The van der Waals surface area contributed by atoms with Gasteiger partial charge in [-0.25, -0.2) is 14.8 Å². The fourth-order valence-corrected chi connectivity index (χ4v) is 2.45. The van der Waals surface area contributed by atoms with Crippen molar-refractivity contribution in [1.82, 2.24) is 9.97 Å². The van der Waals surface area contributed by atoms with Gasteiger partial charge < -0.3 is 14.8 Å². The Morgan fingerprint density at radius 3 is 2.80 bits per heavy atom. The molecule has 7 heteroatoms. The first kappa shape index (κ1) is 14.3. The van der Waals surface area contributed by atoms with Crippen LogP contribution < -0.4 is 10.1 Å². The molecule has 0 amide bonds. The maximum absolute atomic E-state index is 11.5. The van der Waals surface area contributed by atoms with Gasteiger partial charge in [0.1, 0.15) is 4.88 Å². The molecular weight excluding hydrogens is 278 g/mol. The van der Waals surface area contributed by atoms with Gasteiger partial charge in [-0.3, -0.25) is 0 Å². The molecule has 0 saturated heterocycles. The number of aromatic nitrogens is 2. The highest BCUT2D eigenvalue weighted by Gasteiger charge is 2.15. The normalized spacial score (nSPS) is 10.2. The van der Waals surface area contributed by atoms with Crippen molar-refractivity contribution < 1.29 is 14.3 Å². The van der Waals surface area contributed by atoms with Gasteiger partial charge in [-0.05, 0) is 12.5 Å². The van der Waals surface area contributed by atoms with E-state index in [4.69, 9.17) is 9.47 Å². The van der Waals surface area contributed by atoms with E-state index in [2.05, 4.69) is 15.3 Å². The topological polar surface area (TPSA) is 73.3 Å². The summed E-state index contributed by atoms with van der Waals surface area (Å²) < 4.78 is 9.70. The molecular formula is C13H15N3O3S. The van der Waals surface area contributed by atoms with Crippen LogP contribution in [0, 0.1) is 6.92 Å². The van der Waals surface area contributed by atoms with Crippen LogP contribution in [-0.4, -0.2) is 30.2 Å². The SMILES string of the molecule is COC(=O)c1sc(NCc2ccc(OC)nc2)nc1C. The summed E-state index contributed by atoms with van der Waals surface area (Å²) in [6.07, 6.45) is 1.73. The minimum atomic E-state index is -0.362. The Kier molecular flexibility index (Phi) is 4.52. The van der Waals surface area contributed by atoms with E-state index in [0.717, 1.165) is 5.56 Å². The molecule has 0 aliphatic rings. The number of thiazole rings is 1. The van der Waals surface area contributed by atoms with Crippen LogP contribution in [0.15, 0.2) is 18.3 Å². The van der Waals surface area contributed by atoms with Crippen molar-refractivity contribution >= 4 is 22.4 Å². The lowest BCUT2D eigenvalue weighted by Gasteiger charge is -2.03. The zero-order chi connectivity index (χ0) is 14.5. The molecule has 2 heterocycles. The standard InChI is InChI=1S/C13H15N3O3S/c1-8-11(12(17)19-3)20-13(16-8)15-7-9-4-5-10(18-2)14-6-9/h4-6H,7H2,1-3H3,(H,15,16). The van der Waals surface area contributed by atoms with Crippen molar-refractivity contribution in [2.45, 2.75) is 13.5 Å². The van der Waals surface area contributed by atoms with Crippen molar-refractivity contribution in [2.24, 2.45) is 0 Å². The summed E-state index contributed by atoms with van der Waals surface area (Å²) in [5, 5.41) is 3.84. The highest BCUT2D eigenvalue weighted by Crippen LogP contribution is 2.23. The van der Waals surface area contributed by atoms with Crippen molar-refractivity contribution in [3.05, 3.63) is 34.5 Å². The summed E-state index contributed by atoms with van der Waals surface area (Å²) >= 11 is 1.28. The fourth-order valence-electron chi connectivity index (χ4n) is 1.57. The average molecular weight is 293 g/mol. The Labute approximate surface area is 120 Å². The van der Waals surface area contributed by atoms with Crippen LogP contribution >= 0.6 is 11.3 Å². The molecule has 0 atom stereocenters. The molecule has 106 valence electrons. The Balaban J connectivity index is 2.01. The van der Waals surface area contributed by atoms with Gasteiger partial charge in [-0.1, -0.05) is 17.4 Å².